The summed E-state index contributed by atoms with van der Waals surface area (Å²) in [6.45, 7) is 6.16. The molecule has 0 aromatic heterocycles. The number of halogens is 1. The molecule has 0 saturated heterocycles. The van der Waals surface area contributed by atoms with E-state index in [0.29, 0.717) is 13.0 Å². The molecule has 0 aromatic carbocycles. The summed E-state index contributed by atoms with van der Waals surface area (Å²) in [6, 6.07) is 0. The number of alkyl carbamates (subject to hydrolysis) is 1. The summed E-state index contributed by atoms with van der Waals surface area (Å²) in [5.41, 5.74) is -0.445. The lowest BCUT2D eigenvalue weighted by molar-refractivity contribution is -0.116. The van der Waals surface area contributed by atoms with E-state index >= 15 is 0 Å². The third kappa shape index (κ3) is 13.5. The summed E-state index contributed by atoms with van der Waals surface area (Å²) in [6.07, 6.45) is 5.22. The van der Waals surface area contributed by atoms with Gasteiger partial charge in [0.2, 0.25) is 0 Å². The Balaban J connectivity index is 3.32. The van der Waals surface area contributed by atoms with Crippen LogP contribution < -0.4 is 5.32 Å². The second kappa shape index (κ2) is 10.1. The highest BCUT2D eigenvalue weighted by atomic mass is 35.5. The van der Waals surface area contributed by atoms with Gasteiger partial charge in [-0.1, -0.05) is 19.3 Å². The average Bonchev–Trinajstić information content (AvgIpc) is 2.29. The van der Waals surface area contributed by atoms with E-state index in [9.17, 15) is 9.59 Å². The Hall–Kier alpha value is -0.770. The van der Waals surface area contributed by atoms with Crippen LogP contribution in [0.5, 0.6) is 0 Å². The first-order chi connectivity index (χ1) is 8.85. The SMILES string of the molecule is CC(C)(C)OC(=O)NCCCCCCCC(=O)CCl. The van der Waals surface area contributed by atoms with Gasteiger partial charge in [-0.3, -0.25) is 4.79 Å². The monoisotopic (exact) mass is 291 g/mol. The summed E-state index contributed by atoms with van der Waals surface area (Å²) < 4.78 is 5.12. The van der Waals surface area contributed by atoms with Crippen molar-refractivity contribution in [2.75, 3.05) is 12.4 Å². The molecule has 1 amide bonds. The summed E-state index contributed by atoms with van der Waals surface area (Å²) in [5.74, 6) is 0.244. The minimum Gasteiger partial charge on any atom is -0.444 e. The molecule has 0 radical (unpaired) electrons. The van der Waals surface area contributed by atoms with E-state index in [1.165, 1.54) is 0 Å². The number of carbonyl (C=O) groups is 2. The number of nitrogens with one attached hydrogen (secondary N) is 1. The van der Waals surface area contributed by atoms with Crippen LogP contribution in [0.4, 0.5) is 4.79 Å². The molecular formula is C14H26ClNO3. The van der Waals surface area contributed by atoms with Crippen molar-refractivity contribution < 1.29 is 14.3 Å². The molecule has 0 saturated carbocycles. The number of carbonyl (C=O) groups excluding carboxylic acids is 2. The molecule has 5 heteroatoms. The maximum Gasteiger partial charge on any atom is 0.407 e. The van der Waals surface area contributed by atoms with Crippen molar-refractivity contribution in [3.05, 3.63) is 0 Å². The summed E-state index contributed by atoms with van der Waals surface area (Å²) in [5, 5.41) is 2.72. The lowest BCUT2D eigenvalue weighted by atomic mass is 10.1. The Morgan fingerprint density at radius 2 is 1.63 bits per heavy atom. The van der Waals surface area contributed by atoms with Crippen molar-refractivity contribution in [2.24, 2.45) is 0 Å². The molecule has 0 aliphatic heterocycles. The van der Waals surface area contributed by atoms with Gasteiger partial charge in [-0.25, -0.2) is 4.79 Å². The quantitative estimate of drug-likeness (QED) is 0.521. The van der Waals surface area contributed by atoms with Crippen molar-refractivity contribution in [3.8, 4) is 0 Å². The first-order valence-electron chi connectivity index (χ1n) is 6.89. The summed E-state index contributed by atoms with van der Waals surface area (Å²) >= 11 is 5.41. The van der Waals surface area contributed by atoms with E-state index in [4.69, 9.17) is 16.3 Å². The number of Topliss-reactive ketones (excluding diaryl/α,β-unsaturated/α-hetero) is 1. The minimum absolute atomic E-state index is 0.119. The van der Waals surface area contributed by atoms with Crippen LogP contribution in [-0.4, -0.2) is 29.9 Å². The number of hydrogen-bond acceptors (Lipinski definition) is 3. The van der Waals surface area contributed by atoms with Crippen LogP contribution in [0.25, 0.3) is 0 Å². The van der Waals surface area contributed by atoms with Gasteiger partial charge in [-0.15, -0.1) is 11.6 Å². The lowest BCUT2D eigenvalue weighted by Gasteiger charge is -2.19. The third-order valence-corrected chi connectivity index (χ3v) is 2.75. The molecule has 0 atom stereocenters. The standard InChI is InChI=1S/C14H26ClNO3/c1-14(2,3)19-13(18)16-10-8-6-4-5-7-9-12(17)11-15/h4-11H2,1-3H3,(H,16,18). The molecule has 0 heterocycles. The molecule has 0 fully saturated rings. The Morgan fingerprint density at radius 1 is 1.05 bits per heavy atom. The minimum atomic E-state index is -0.445. The first kappa shape index (κ1) is 18.2. The summed E-state index contributed by atoms with van der Waals surface area (Å²) in [7, 11) is 0. The third-order valence-electron chi connectivity index (χ3n) is 2.45. The molecular weight excluding hydrogens is 266 g/mol. The van der Waals surface area contributed by atoms with Gasteiger partial charge in [0.25, 0.3) is 0 Å². The number of ether oxygens (including phenoxy) is 1. The Kier molecular flexibility index (Phi) is 9.66. The normalized spacial score (nSPS) is 11.2. The highest BCUT2D eigenvalue weighted by molar-refractivity contribution is 6.27. The van der Waals surface area contributed by atoms with Crippen molar-refractivity contribution in [3.63, 3.8) is 0 Å². The number of unbranched alkanes of at least 4 members (excludes halogenated alkanes) is 4. The maximum absolute atomic E-state index is 11.3. The van der Waals surface area contributed by atoms with Gasteiger partial charge in [-0.05, 0) is 33.6 Å². The second-order valence-corrected chi connectivity index (χ2v) is 5.89. The zero-order valence-corrected chi connectivity index (χ0v) is 13.0. The smallest absolute Gasteiger partial charge is 0.407 e. The Bertz CT molecular complexity index is 274. The van der Waals surface area contributed by atoms with Gasteiger partial charge in [0.05, 0.1) is 5.88 Å². The maximum atomic E-state index is 11.3. The predicted molar refractivity (Wildman–Crippen MR) is 77.7 cm³/mol. The molecule has 4 nitrogen and oxygen atoms in total. The molecule has 112 valence electrons. The zero-order chi connectivity index (χ0) is 14.7. The lowest BCUT2D eigenvalue weighted by Crippen LogP contribution is -2.32. The number of ketones is 1. The number of alkyl halides is 1. The van der Waals surface area contributed by atoms with E-state index in [2.05, 4.69) is 5.32 Å². The molecule has 0 aliphatic carbocycles. The molecule has 0 aromatic rings. The van der Waals surface area contributed by atoms with Crippen LogP contribution in [0, 0.1) is 0 Å². The van der Waals surface area contributed by atoms with Gasteiger partial charge in [0.15, 0.2) is 0 Å². The van der Waals surface area contributed by atoms with Gasteiger partial charge >= 0.3 is 6.09 Å². The van der Waals surface area contributed by atoms with Crippen LogP contribution in [0.1, 0.15) is 59.3 Å². The van der Waals surface area contributed by atoms with Crippen LogP contribution in [0.2, 0.25) is 0 Å². The van der Waals surface area contributed by atoms with Crippen LogP contribution in [0.3, 0.4) is 0 Å². The Labute approximate surface area is 121 Å². The molecule has 0 rings (SSSR count). The summed E-state index contributed by atoms with van der Waals surface area (Å²) in [4.78, 5) is 22.3. The van der Waals surface area contributed by atoms with E-state index in [1.807, 2.05) is 20.8 Å². The highest BCUT2D eigenvalue weighted by Crippen LogP contribution is 2.07. The van der Waals surface area contributed by atoms with Gasteiger partial charge in [-0.2, -0.15) is 0 Å². The molecule has 0 aliphatic rings. The molecule has 0 unspecified atom stereocenters. The number of hydrogen-bond donors (Lipinski definition) is 1. The van der Waals surface area contributed by atoms with Gasteiger partial charge in [0, 0.05) is 13.0 Å². The average molecular weight is 292 g/mol. The topological polar surface area (TPSA) is 55.4 Å². The van der Waals surface area contributed by atoms with E-state index in [-0.39, 0.29) is 17.8 Å². The second-order valence-electron chi connectivity index (χ2n) is 5.62. The van der Waals surface area contributed by atoms with Crippen LogP contribution in [0.15, 0.2) is 0 Å². The fourth-order valence-corrected chi connectivity index (χ4v) is 1.68. The number of rotatable bonds is 9. The van der Waals surface area contributed by atoms with E-state index in [1.54, 1.807) is 0 Å². The van der Waals surface area contributed by atoms with Gasteiger partial charge < -0.3 is 10.1 Å². The number of amides is 1. The largest absolute Gasteiger partial charge is 0.444 e. The van der Waals surface area contributed by atoms with Crippen LogP contribution in [-0.2, 0) is 9.53 Å². The van der Waals surface area contributed by atoms with Crippen molar-refractivity contribution in [2.45, 2.75) is 64.9 Å². The van der Waals surface area contributed by atoms with Gasteiger partial charge in [0.1, 0.15) is 11.4 Å². The van der Waals surface area contributed by atoms with Crippen molar-refractivity contribution in [1.29, 1.82) is 0 Å². The predicted octanol–water partition coefficient (Wildman–Crippen LogP) is 3.66. The van der Waals surface area contributed by atoms with Crippen molar-refractivity contribution >= 4 is 23.5 Å². The van der Waals surface area contributed by atoms with E-state index < -0.39 is 5.60 Å². The fourth-order valence-electron chi connectivity index (χ4n) is 1.55. The van der Waals surface area contributed by atoms with E-state index in [0.717, 1.165) is 32.1 Å². The van der Waals surface area contributed by atoms with Crippen LogP contribution >= 0.6 is 11.6 Å². The molecule has 0 bridgehead atoms. The van der Waals surface area contributed by atoms with Crippen molar-refractivity contribution in [1.82, 2.24) is 5.32 Å². The highest BCUT2D eigenvalue weighted by Gasteiger charge is 2.15. The Morgan fingerprint density at radius 3 is 2.21 bits per heavy atom. The molecule has 19 heavy (non-hydrogen) atoms. The molecule has 0 spiro atoms. The first-order valence-corrected chi connectivity index (χ1v) is 7.43. The molecule has 1 N–H and O–H groups in total. The zero-order valence-electron chi connectivity index (χ0n) is 12.3. The fraction of sp³-hybridized carbons (Fsp3) is 0.857.